The number of anilines is 1. The predicted octanol–water partition coefficient (Wildman–Crippen LogP) is 5.56. The number of fused-ring (bicyclic) bond motifs is 2. The van der Waals surface area contributed by atoms with Gasteiger partial charge in [-0.05, 0) is 61.4 Å². The molecule has 7 heteroatoms. The van der Waals surface area contributed by atoms with Crippen LogP contribution in [0.4, 0.5) is 5.82 Å². The number of para-hydroxylation sites is 1. The van der Waals surface area contributed by atoms with E-state index in [-0.39, 0.29) is 17.4 Å². The fourth-order valence-corrected chi connectivity index (χ4v) is 4.03. The smallest absolute Gasteiger partial charge is 0.225 e. The molecule has 29 heavy (non-hydrogen) atoms. The normalized spacial score (nSPS) is 16.2. The van der Waals surface area contributed by atoms with Gasteiger partial charge in [0.15, 0.2) is 5.82 Å². The molecule has 1 unspecified atom stereocenters. The molecule has 1 aromatic carbocycles. The van der Waals surface area contributed by atoms with Gasteiger partial charge in [-0.3, -0.25) is 9.67 Å². The number of pyridine rings is 1. The van der Waals surface area contributed by atoms with Gasteiger partial charge in [0.05, 0.1) is 17.8 Å². The summed E-state index contributed by atoms with van der Waals surface area (Å²) in [5, 5.41) is 9.60. The van der Waals surface area contributed by atoms with Gasteiger partial charge in [-0.1, -0.05) is 25.1 Å². The Morgan fingerprint density at radius 3 is 2.79 bits per heavy atom. The first-order valence-corrected chi connectivity index (χ1v) is 10.5. The number of rotatable bonds is 6. The summed E-state index contributed by atoms with van der Waals surface area (Å²) >= 11 is 6.24. The van der Waals surface area contributed by atoms with Crippen molar-refractivity contribution in [2.45, 2.75) is 45.2 Å². The van der Waals surface area contributed by atoms with E-state index in [0.717, 1.165) is 34.2 Å². The third-order valence-corrected chi connectivity index (χ3v) is 5.95. The molecule has 0 aliphatic heterocycles. The first kappa shape index (κ1) is 18.3. The summed E-state index contributed by atoms with van der Waals surface area (Å²) in [5.74, 6) is 1.30. The zero-order chi connectivity index (χ0) is 20.0. The highest BCUT2D eigenvalue weighted by Crippen LogP contribution is 2.43. The van der Waals surface area contributed by atoms with Crippen LogP contribution in [-0.2, 0) is 0 Å². The molecule has 0 spiro atoms. The summed E-state index contributed by atoms with van der Waals surface area (Å²) in [6, 6.07) is 10.8. The van der Waals surface area contributed by atoms with Crippen molar-refractivity contribution in [3.05, 3.63) is 53.6 Å². The minimum atomic E-state index is 0.126. The topological polar surface area (TPSA) is 68.5 Å². The van der Waals surface area contributed by atoms with Crippen molar-refractivity contribution in [1.82, 2.24) is 24.7 Å². The Hall–Kier alpha value is -2.73. The molecule has 5 rings (SSSR count). The SMILES string of the molecule is CCC(C)n1ncc2nc(Cl)nc(N[C@@H](c3cnc4ccccc4c3)C3CC3)c21. The average molecular weight is 407 g/mol. The highest BCUT2D eigenvalue weighted by atomic mass is 35.5. The highest BCUT2D eigenvalue weighted by Gasteiger charge is 2.34. The van der Waals surface area contributed by atoms with E-state index in [9.17, 15) is 0 Å². The minimum absolute atomic E-state index is 0.126. The van der Waals surface area contributed by atoms with Crippen LogP contribution >= 0.6 is 11.6 Å². The van der Waals surface area contributed by atoms with Crippen LogP contribution in [0.3, 0.4) is 0 Å². The first-order chi connectivity index (χ1) is 14.1. The van der Waals surface area contributed by atoms with Crippen molar-refractivity contribution in [2.24, 2.45) is 5.92 Å². The van der Waals surface area contributed by atoms with Crippen LogP contribution < -0.4 is 5.32 Å². The molecular formula is C22H23ClN6. The molecule has 3 heterocycles. The first-order valence-electron chi connectivity index (χ1n) is 10.2. The molecule has 1 N–H and O–H groups in total. The molecule has 1 saturated carbocycles. The van der Waals surface area contributed by atoms with Gasteiger partial charge in [0.25, 0.3) is 0 Å². The molecule has 2 atom stereocenters. The molecule has 0 radical (unpaired) electrons. The monoisotopic (exact) mass is 406 g/mol. The van der Waals surface area contributed by atoms with Crippen molar-refractivity contribution in [3.8, 4) is 0 Å². The molecule has 148 valence electrons. The predicted molar refractivity (Wildman–Crippen MR) is 116 cm³/mol. The maximum atomic E-state index is 6.24. The van der Waals surface area contributed by atoms with E-state index < -0.39 is 0 Å². The molecule has 1 fully saturated rings. The van der Waals surface area contributed by atoms with Crippen LogP contribution in [0.15, 0.2) is 42.7 Å². The number of nitrogens with one attached hydrogen (secondary N) is 1. The molecule has 6 nitrogen and oxygen atoms in total. The van der Waals surface area contributed by atoms with Crippen molar-refractivity contribution < 1.29 is 0 Å². The average Bonchev–Trinajstić information content (AvgIpc) is 3.49. The lowest BCUT2D eigenvalue weighted by Crippen LogP contribution is -2.16. The van der Waals surface area contributed by atoms with Gasteiger partial charge in [0.1, 0.15) is 11.0 Å². The van der Waals surface area contributed by atoms with E-state index in [4.69, 9.17) is 11.6 Å². The molecule has 3 aromatic heterocycles. The number of hydrogen-bond acceptors (Lipinski definition) is 5. The van der Waals surface area contributed by atoms with Crippen LogP contribution in [-0.4, -0.2) is 24.7 Å². The molecule has 0 saturated heterocycles. The lowest BCUT2D eigenvalue weighted by Gasteiger charge is -2.21. The molecule has 4 aromatic rings. The maximum absolute atomic E-state index is 6.24. The van der Waals surface area contributed by atoms with Crippen LogP contribution in [0.2, 0.25) is 5.28 Å². The van der Waals surface area contributed by atoms with Gasteiger partial charge in [-0.2, -0.15) is 10.1 Å². The lowest BCUT2D eigenvalue weighted by molar-refractivity contribution is 0.492. The number of aromatic nitrogens is 5. The van der Waals surface area contributed by atoms with E-state index in [0.29, 0.717) is 5.92 Å². The van der Waals surface area contributed by atoms with Crippen LogP contribution in [0.25, 0.3) is 21.9 Å². The van der Waals surface area contributed by atoms with E-state index in [2.05, 4.69) is 51.3 Å². The van der Waals surface area contributed by atoms with Gasteiger partial charge < -0.3 is 5.32 Å². The fourth-order valence-electron chi connectivity index (χ4n) is 3.85. The molecule has 1 aliphatic carbocycles. The van der Waals surface area contributed by atoms with Gasteiger partial charge in [-0.15, -0.1) is 0 Å². The number of hydrogen-bond donors (Lipinski definition) is 1. The highest BCUT2D eigenvalue weighted by molar-refractivity contribution is 6.28. The van der Waals surface area contributed by atoms with Gasteiger partial charge in [-0.25, -0.2) is 4.98 Å². The zero-order valence-electron chi connectivity index (χ0n) is 16.5. The molecule has 0 bridgehead atoms. The Balaban J connectivity index is 1.59. The Bertz CT molecular complexity index is 1180. The largest absolute Gasteiger partial charge is 0.361 e. The van der Waals surface area contributed by atoms with E-state index in [1.54, 1.807) is 6.20 Å². The Labute approximate surface area is 174 Å². The van der Waals surface area contributed by atoms with Gasteiger partial charge in [0.2, 0.25) is 5.28 Å². The summed E-state index contributed by atoms with van der Waals surface area (Å²) in [6.45, 7) is 4.30. The summed E-state index contributed by atoms with van der Waals surface area (Å²) in [7, 11) is 0. The molecule has 0 amide bonds. The quantitative estimate of drug-likeness (QED) is 0.424. The summed E-state index contributed by atoms with van der Waals surface area (Å²) in [6.07, 6.45) is 7.10. The van der Waals surface area contributed by atoms with Crippen LogP contribution in [0.5, 0.6) is 0 Å². The van der Waals surface area contributed by atoms with Crippen molar-refractivity contribution in [2.75, 3.05) is 5.32 Å². The van der Waals surface area contributed by atoms with E-state index >= 15 is 0 Å². The number of halogens is 1. The second-order valence-corrected chi connectivity index (χ2v) is 8.18. The number of benzene rings is 1. The summed E-state index contributed by atoms with van der Waals surface area (Å²) < 4.78 is 2.00. The standard InChI is InChI=1S/C22H23ClN6/c1-3-13(2)29-20-18(12-25-29)26-22(23)28-21(20)27-19(14-8-9-14)16-10-15-6-4-5-7-17(15)24-11-16/h4-7,10-14,19H,3,8-9H2,1-2H3,(H,26,27,28)/t13?,19-/m1/s1. The van der Waals surface area contributed by atoms with Crippen LogP contribution in [0.1, 0.15) is 50.8 Å². The third-order valence-electron chi connectivity index (χ3n) is 5.78. The Morgan fingerprint density at radius 2 is 2.00 bits per heavy atom. The summed E-state index contributed by atoms with van der Waals surface area (Å²) in [4.78, 5) is 13.6. The van der Waals surface area contributed by atoms with E-state index in [1.165, 1.54) is 18.4 Å². The fraction of sp³-hybridized carbons (Fsp3) is 0.364. The second-order valence-electron chi connectivity index (χ2n) is 7.84. The molecular weight excluding hydrogens is 384 g/mol. The second kappa shape index (κ2) is 7.26. The van der Waals surface area contributed by atoms with Crippen LogP contribution in [0, 0.1) is 5.92 Å². The lowest BCUT2D eigenvalue weighted by atomic mass is 10.0. The summed E-state index contributed by atoms with van der Waals surface area (Å²) in [5.41, 5.74) is 3.85. The molecule has 1 aliphatic rings. The maximum Gasteiger partial charge on any atom is 0.225 e. The van der Waals surface area contributed by atoms with Crippen molar-refractivity contribution >= 4 is 39.4 Å². The zero-order valence-corrected chi connectivity index (χ0v) is 17.3. The van der Waals surface area contributed by atoms with E-state index in [1.807, 2.05) is 29.1 Å². The minimum Gasteiger partial charge on any atom is -0.361 e. The third kappa shape index (κ3) is 3.42. The Kier molecular flexibility index (Phi) is 4.59. The van der Waals surface area contributed by atoms with Gasteiger partial charge >= 0.3 is 0 Å². The number of nitrogens with zero attached hydrogens (tertiary/aromatic N) is 5. The van der Waals surface area contributed by atoms with Crippen molar-refractivity contribution in [1.29, 1.82) is 0 Å². The Morgan fingerprint density at radius 1 is 1.17 bits per heavy atom. The van der Waals surface area contributed by atoms with Crippen molar-refractivity contribution in [3.63, 3.8) is 0 Å². The van der Waals surface area contributed by atoms with Gasteiger partial charge in [0, 0.05) is 17.6 Å².